The lowest BCUT2D eigenvalue weighted by Gasteiger charge is -2.03. The van der Waals surface area contributed by atoms with E-state index < -0.39 is 0 Å². The topological polar surface area (TPSA) is 23.8 Å². The summed E-state index contributed by atoms with van der Waals surface area (Å²) in [6.07, 6.45) is 6.12. The second-order valence-corrected chi connectivity index (χ2v) is 5.19. The molecule has 0 heterocycles. The molecule has 0 amide bonds. The normalized spacial score (nSPS) is 12.9. The van der Waals surface area contributed by atoms with Crippen molar-refractivity contribution in [1.82, 2.24) is 0 Å². The molecule has 2 aromatic rings. The first-order chi connectivity index (χ1) is 10.7. The van der Waals surface area contributed by atoms with Crippen molar-refractivity contribution in [3.8, 4) is 6.07 Å². The van der Waals surface area contributed by atoms with Crippen molar-refractivity contribution in [2.75, 3.05) is 0 Å². The Hall–Kier alpha value is -2.85. The average molecular weight is 285 g/mol. The summed E-state index contributed by atoms with van der Waals surface area (Å²) in [5.74, 6) is 0. The molecule has 0 saturated heterocycles. The first-order valence-electron chi connectivity index (χ1n) is 7.28. The van der Waals surface area contributed by atoms with Crippen LogP contribution in [0, 0.1) is 11.3 Å². The summed E-state index contributed by atoms with van der Waals surface area (Å²) < 4.78 is 0. The summed E-state index contributed by atoms with van der Waals surface area (Å²) in [4.78, 5) is 0. The smallest absolute Gasteiger partial charge is 0.0944 e. The minimum Gasteiger partial charge on any atom is -0.193 e. The Labute approximate surface area is 132 Å². The van der Waals surface area contributed by atoms with Crippen LogP contribution in [0.5, 0.6) is 0 Å². The van der Waals surface area contributed by atoms with Crippen molar-refractivity contribution < 1.29 is 0 Å². The fourth-order valence-electron chi connectivity index (χ4n) is 2.18. The van der Waals surface area contributed by atoms with Crippen molar-refractivity contribution in [3.05, 3.63) is 95.1 Å². The van der Waals surface area contributed by atoms with E-state index in [9.17, 15) is 0 Å². The molecule has 0 fully saturated rings. The Kier molecular flexibility index (Phi) is 5.51. The third kappa shape index (κ3) is 4.61. The monoisotopic (exact) mass is 285 g/mol. The lowest BCUT2D eigenvalue weighted by Crippen LogP contribution is -1.83. The number of nitrogens with zero attached hydrogens (tertiary/aromatic N) is 1. The van der Waals surface area contributed by atoms with Gasteiger partial charge in [0.15, 0.2) is 0 Å². The van der Waals surface area contributed by atoms with Crippen molar-refractivity contribution in [2.45, 2.75) is 13.8 Å². The van der Waals surface area contributed by atoms with Crippen LogP contribution >= 0.6 is 0 Å². The van der Waals surface area contributed by atoms with Gasteiger partial charge in [-0.3, -0.25) is 0 Å². The summed E-state index contributed by atoms with van der Waals surface area (Å²) in [7, 11) is 0. The fraction of sp³-hybridized carbons (Fsp3) is 0.0952. The maximum absolute atomic E-state index is 9.03. The van der Waals surface area contributed by atoms with E-state index in [1.807, 2.05) is 49.4 Å². The molecule has 0 unspecified atom stereocenters. The van der Waals surface area contributed by atoms with Gasteiger partial charge < -0.3 is 0 Å². The maximum atomic E-state index is 9.03. The standard InChI is InChI=1S/C21H19N/c1-17(16-22)13-20(15-19-9-5-3-6-10-19)14-18(2)21-11-7-4-8-12-21/h3-15H,1-2H3. The Morgan fingerprint density at radius 3 is 2.05 bits per heavy atom. The van der Waals surface area contributed by atoms with Gasteiger partial charge in [0.2, 0.25) is 0 Å². The van der Waals surface area contributed by atoms with Crippen LogP contribution in [0.15, 0.2) is 84.0 Å². The largest absolute Gasteiger partial charge is 0.193 e. The predicted octanol–water partition coefficient (Wildman–Crippen LogP) is 5.64. The van der Waals surface area contributed by atoms with Crippen LogP contribution in [0.3, 0.4) is 0 Å². The van der Waals surface area contributed by atoms with Gasteiger partial charge >= 0.3 is 0 Å². The first-order valence-corrected chi connectivity index (χ1v) is 7.28. The minimum atomic E-state index is 0.694. The van der Waals surface area contributed by atoms with Crippen LogP contribution in [0.2, 0.25) is 0 Å². The van der Waals surface area contributed by atoms with Crippen LogP contribution in [0.1, 0.15) is 25.0 Å². The summed E-state index contributed by atoms with van der Waals surface area (Å²) in [6, 6.07) is 22.6. The van der Waals surface area contributed by atoms with E-state index in [2.05, 4.69) is 49.4 Å². The number of allylic oxidation sites excluding steroid dienone is 5. The van der Waals surface area contributed by atoms with E-state index in [0.717, 1.165) is 11.1 Å². The van der Waals surface area contributed by atoms with Crippen molar-refractivity contribution in [1.29, 1.82) is 5.26 Å². The number of hydrogen-bond acceptors (Lipinski definition) is 1. The fourth-order valence-corrected chi connectivity index (χ4v) is 2.18. The SMILES string of the molecule is CC(C#N)=CC(=Cc1ccccc1)C=C(C)c1ccccc1. The predicted molar refractivity (Wildman–Crippen MR) is 93.9 cm³/mol. The lowest BCUT2D eigenvalue weighted by molar-refractivity contribution is 1.43. The van der Waals surface area contributed by atoms with Crippen LogP contribution in [-0.2, 0) is 0 Å². The lowest BCUT2D eigenvalue weighted by atomic mass is 10.0. The molecular formula is C21H19N. The van der Waals surface area contributed by atoms with Crippen LogP contribution < -0.4 is 0 Å². The molecule has 0 spiro atoms. The number of rotatable bonds is 4. The van der Waals surface area contributed by atoms with Gasteiger partial charge in [-0.05, 0) is 48.3 Å². The Balaban J connectivity index is 2.42. The third-order valence-corrected chi connectivity index (χ3v) is 3.30. The van der Waals surface area contributed by atoms with E-state index in [1.165, 1.54) is 11.1 Å². The zero-order valence-electron chi connectivity index (χ0n) is 13.0. The summed E-state index contributed by atoms with van der Waals surface area (Å²) in [6.45, 7) is 3.91. The zero-order valence-corrected chi connectivity index (χ0v) is 13.0. The third-order valence-electron chi connectivity index (χ3n) is 3.30. The van der Waals surface area contributed by atoms with Crippen molar-refractivity contribution in [2.24, 2.45) is 0 Å². The molecule has 1 heteroatoms. The van der Waals surface area contributed by atoms with Gasteiger partial charge in [0.05, 0.1) is 6.07 Å². The molecule has 0 saturated carbocycles. The summed E-state index contributed by atoms with van der Waals surface area (Å²) >= 11 is 0. The molecule has 0 radical (unpaired) electrons. The molecule has 0 bridgehead atoms. The number of benzene rings is 2. The minimum absolute atomic E-state index is 0.694. The second-order valence-electron chi connectivity index (χ2n) is 5.19. The van der Waals surface area contributed by atoms with Gasteiger partial charge in [0.1, 0.15) is 0 Å². The molecule has 0 aliphatic rings. The molecule has 0 aliphatic heterocycles. The van der Waals surface area contributed by atoms with Gasteiger partial charge in [0.25, 0.3) is 0 Å². The number of hydrogen-bond donors (Lipinski definition) is 0. The van der Waals surface area contributed by atoms with E-state index >= 15 is 0 Å². The van der Waals surface area contributed by atoms with E-state index in [0.29, 0.717) is 5.57 Å². The van der Waals surface area contributed by atoms with Gasteiger partial charge in [-0.1, -0.05) is 66.7 Å². The van der Waals surface area contributed by atoms with Gasteiger partial charge in [-0.15, -0.1) is 0 Å². The highest BCUT2D eigenvalue weighted by Gasteiger charge is 1.98. The van der Waals surface area contributed by atoms with Gasteiger partial charge in [-0.2, -0.15) is 5.26 Å². The average Bonchev–Trinajstić information content (AvgIpc) is 2.56. The Morgan fingerprint density at radius 2 is 1.45 bits per heavy atom. The molecule has 0 atom stereocenters. The summed E-state index contributed by atoms with van der Waals surface area (Å²) in [5.41, 5.74) is 5.19. The van der Waals surface area contributed by atoms with Crippen molar-refractivity contribution in [3.63, 3.8) is 0 Å². The zero-order chi connectivity index (χ0) is 15.8. The Bertz CT molecular complexity index is 741. The quantitative estimate of drug-likeness (QED) is 0.526. The van der Waals surface area contributed by atoms with Crippen molar-refractivity contribution >= 4 is 11.6 Å². The molecule has 2 aromatic carbocycles. The number of nitriles is 1. The molecule has 0 aromatic heterocycles. The van der Waals surface area contributed by atoms with E-state index in [4.69, 9.17) is 5.26 Å². The van der Waals surface area contributed by atoms with Gasteiger partial charge in [0, 0.05) is 5.57 Å². The van der Waals surface area contributed by atoms with Crippen LogP contribution in [0.4, 0.5) is 0 Å². The van der Waals surface area contributed by atoms with Crippen LogP contribution in [-0.4, -0.2) is 0 Å². The van der Waals surface area contributed by atoms with E-state index in [1.54, 1.807) is 0 Å². The molecule has 0 N–H and O–H groups in total. The highest BCUT2D eigenvalue weighted by Crippen LogP contribution is 2.19. The highest BCUT2D eigenvalue weighted by atomic mass is 14.2. The van der Waals surface area contributed by atoms with E-state index in [-0.39, 0.29) is 0 Å². The van der Waals surface area contributed by atoms with Gasteiger partial charge in [-0.25, -0.2) is 0 Å². The molecule has 22 heavy (non-hydrogen) atoms. The molecular weight excluding hydrogens is 266 g/mol. The summed E-state index contributed by atoms with van der Waals surface area (Å²) in [5, 5.41) is 9.03. The molecule has 1 nitrogen and oxygen atoms in total. The maximum Gasteiger partial charge on any atom is 0.0944 e. The second kappa shape index (κ2) is 7.81. The molecule has 108 valence electrons. The first kappa shape index (κ1) is 15.5. The Morgan fingerprint density at radius 1 is 0.864 bits per heavy atom. The highest BCUT2D eigenvalue weighted by molar-refractivity contribution is 5.71. The molecule has 2 rings (SSSR count). The van der Waals surface area contributed by atoms with Crippen LogP contribution in [0.25, 0.3) is 11.6 Å². The molecule has 0 aliphatic carbocycles.